The van der Waals surface area contributed by atoms with E-state index < -0.39 is 5.82 Å². The summed E-state index contributed by atoms with van der Waals surface area (Å²) in [5, 5.41) is 9.65. The number of hydrogen-bond acceptors (Lipinski definition) is 4. The van der Waals surface area contributed by atoms with Crippen molar-refractivity contribution in [2.75, 3.05) is 18.4 Å². The van der Waals surface area contributed by atoms with Gasteiger partial charge in [-0.25, -0.2) is 14.1 Å². The number of rotatable bonds is 3. The maximum Gasteiger partial charge on any atom is 0.251 e. The first-order valence-electron chi connectivity index (χ1n) is 6.50. The summed E-state index contributed by atoms with van der Waals surface area (Å²) in [4.78, 5) is 15.8. The molecule has 2 heterocycles. The van der Waals surface area contributed by atoms with Gasteiger partial charge in [0.05, 0.1) is 0 Å². The summed E-state index contributed by atoms with van der Waals surface area (Å²) in [6.07, 6.45) is 2.74. The Labute approximate surface area is 120 Å². The lowest BCUT2D eigenvalue weighted by Gasteiger charge is -2.21. The first-order chi connectivity index (χ1) is 10.1. The molecule has 108 valence electrons. The van der Waals surface area contributed by atoms with Crippen molar-refractivity contribution in [2.24, 2.45) is 0 Å². The number of carbonyl (C=O) groups excluding carboxylic acids is 1. The quantitative estimate of drug-likeness (QED) is 0.834. The molecule has 0 saturated carbocycles. The summed E-state index contributed by atoms with van der Waals surface area (Å²) in [5.41, 5.74) is 2.44. The molecule has 0 aliphatic carbocycles. The number of nitrogens with zero attached hydrogens (tertiary/aromatic N) is 3. The zero-order chi connectivity index (χ0) is 14.8. The minimum Gasteiger partial charge on any atom is -0.322 e. The third kappa shape index (κ3) is 2.68. The Morgan fingerprint density at radius 2 is 2.24 bits per heavy atom. The smallest absolute Gasteiger partial charge is 0.251 e. The van der Waals surface area contributed by atoms with E-state index in [4.69, 9.17) is 0 Å². The molecule has 1 aliphatic heterocycles. The van der Waals surface area contributed by atoms with Crippen molar-refractivity contribution in [1.82, 2.24) is 20.1 Å². The molecule has 1 aromatic heterocycles. The van der Waals surface area contributed by atoms with Crippen LogP contribution in [0.2, 0.25) is 0 Å². The van der Waals surface area contributed by atoms with Crippen LogP contribution in [0.15, 0.2) is 42.0 Å². The molecule has 0 spiro atoms. The van der Waals surface area contributed by atoms with Gasteiger partial charge >= 0.3 is 0 Å². The monoisotopic (exact) mass is 287 g/mol. The zero-order valence-corrected chi connectivity index (χ0v) is 11.4. The van der Waals surface area contributed by atoms with Gasteiger partial charge in [0.15, 0.2) is 5.82 Å². The summed E-state index contributed by atoms with van der Waals surface area (Å²) < 4.78 is 15.4. The predicted molar refractivity (Wildman–Crippen MR) is 75.5 cm³/mol. The van der Waals surface area contributed by atoms with Crippen LogP contribution >= 0.6 is 0 Å². The number of carbonyl (C=O) groups is 1. The summed E-state index contributed by atoms with van der Waals surface area (Å²) in [6.45, 7) is 3.24. The lowest BCUT2D eigenvalue weighted by atomic mass is 10.0. The third-order valence-electron chi connectivity index (χ3n) is 3.42. The average molecular weight is 287 g/mol. The molecule has 6 nitrogen and oxygen atoms in total. The number of amides is 1. The van der Waals surface area contributed by atoms with E-state index in [9.17, 15) is 9.18 Å². The topological polar surface area (TPSA) is 71.8 Å². The van der Waals surface area contributed by atoms with Crippen LogP contribution in [-0.2, 0) is 4.79 Å². The van der Waals surface area contributed by atoms with E-state index in [-0.39, 0.29) is 11.6 Å². The van der Waals surface area contributed by atoms with Crippen molar-refractivity contribution < 1.29 is 9.18 Å². The molecule has 1 fully saturated rings. The number of nitrogens with one attached hydrogen (secondary N) is 2. The zero-order valence-electron chi connectivity index (χ0n) is 11.4. The van der Waals surface area contributed by atoms with Crippen molar-refractivity contribution in [1.29, 1.82) is 0 Å². The maximum atomic E-state index is 14.0. The molecule has 0 atom stereocenters. The van der Waals surface area contributed by atoms with Gasteiger partial charge in [0.25, 0.3) is 5.91 Å². The number of anilines is 1. The van der Waals surface area contributed by atoms with Gasteiger partial charge in [-0.2, -0.15) is 5.10 Å². The number of halogens is 1. The fourth-order valence-electron chi connectivity index (χ4n) is 2.00. The minimum atomic E-state index is -0.478. The van der Waals surface area contributed by atoms with E-state index in [1.54, 1.807) is 19.1 Å². The summed E-state index contributed by atoms with van der Waals surface area (Å²) in [5.74, 6) is -0.687. The Bertz CT molecular complexity index is 702. The van der Waals surface area contributed by atoms with E-state index in [1.807, 2.05) is 0 Å². The van der Waals surface area contributed by atoms with Gasteiger partial charge in [-0.1, -0.05) is 0 Å². The second-order valence-electron chi connectivity index (χ2n) is 4.79. The first-order valence-corrected chi connectivity index (χ1v) is 6.50. The summed E-state index contributed by atoms with van der Waals surface area (Å²) in [6, 6.07) is 4.45. The molecule has 21 heavy (non-hydrogen) atoms. The van der Waals surface area contributed by atoms with E-state index in [0.29, 0.717) is 11.3 Å². The normalized spacial score (nSPS) is 13.7. The molecule has 2 aromatic rings. The molecule has 0 radical (unpaired) electrons. The van der Waals surface area contributed by atoms with E-state index in [2.05, 4.69) is 20.7 Å². The SMILES string of the molecule is CC(C(=O)Nc1ccc(-n2cncn2)c(F)c1)=C1CNC1. The van der Waals surface area contributed by atoms with Crippen molar-refractivity contribution >= 4 is 11.6 Å². The van der Waals surface area contributed by atoms with Crippen LogP contribution in [0.1, 0.15) is 6.92 Å². The van der Waals surface area contributed by atoms with E-state index in [1.165, 1.54) is 23.4 Å². The average Bonchev–Trinajstić information content (AvgIpc) is 2.90. The minimum absolute atomic E-state index is 0.209. The molecule has 0 bridgehead atoms. The molecule has 7 heteroatoms. The molecule has 1 amide bonds. The summed E-state index contributed by atoms with van der Waals surface area (Å²) >= 11 is 0. The van der Waals surface area contributed by atoms with Gasteiger partial charge in [-0.3, -0.25) is 4.79 Å². The fourth-order valence-corrected chi connectivity index (χ4v) is 2.00. The van der Waals surface area contributed by atoms with Gasteiger partial charge in [-0.15, -0.1) is 0 Å². The number of hydrogen-bond donors (Lipinski definition) is 2. The van der Waals surface area contributed by atoms with Crippen molar-refractivity contribution in [3.8, 4) is 5.69 Å². The van der Waals surface area contributed by atoms with E-state index in [0.717, 1.165) is 18.7 Å². The largest absolute Gasteiger partial charge is 0.322 e. The Hall–Kier alpha value is -2.54. The van der Waals surface area contributed by atoms with Crippen LogP contribution in [0, 0.1) is 5.82 Å². The van der Waals surface area contributed by atoms with Crippen molar-refractivity contribution in [3.05, 3.63) is 47.8 Å². The van der Waals surface area contributed by atoms with Crippen molar-refractivity contribution in [2.45, 2.75) is 6.92 Å². The van der Waals surface area contributed by atoms with E-state index >= 15 is 0 Å². The highest BCUT2D eigenvalue weighted by Crippen LogP contribution is 2.18. The van der Waals surface area contributed by atoms with Crippen LogP contribution in [0.5, 0.6) is 0 Å². The van der Waals surface area contributed by atoms with Crippen LogP contribution in [0.4, 0.5) is 10.1 Å². The Morgan fingerprint density at radius 3 is 2.81 bits per heavy atom. The van der Waals surface area contributed by atoms with Crippen molar-refractivity contribution in [3.63, 3.8) is 0 Å². The molecule has 3 rings (SSSR count). The molecule has 2 N–H and O–H groups in total. The second-order valence-corrected chi connectivity index (χ2v) is 4.79. The number of aromatic nitrogens is 3. The standard InChI is InChI=1S/C14H14FN5O/c1-9(10-5-16-6-10)14(21)19-11-2-3-13(12(15)4-11)20-8-17-7-18-20/h2-4,7-8,16H,5-6H2,1H3,(H,19,21). The molecule has 1 aromatic carbocycles. The Balaban J connectivity index is 1.78. The lowest BCUT2D eigenvalue weighted by Crippen LogP contribution is -2.36. The highest BCUT2D eigenvalue weighted by Gasteiger charge is 2.16. The van der Waals surface area contributed by atoms with Gasteiger partial charge in [-0.05, 0) is 30.7 Å². The third-order valence-corrected chi connectivity index (χ3v) is 3.42. The summed E-state index contributed by atoms with van der Waals surface area (Å²) in [7, 11) is 0. The fraction of sp³-hybridized carbons (Fsp3) is 0.214. The molecule has 1 aliphatic rings. The molecular formula is C14H14FN5O. The van der Waals surface area contributed by atoms with Gasteiger partial charge in [0.2, 0.25) is 0 Å². The predicted octanol–water partition coefficient (Wildman–Crippen LogP) is 1.26. The number of benzene rings is 1. The molecule has 0 unspecified atom stereocenters. The Morgan fingerprint density at radius 1 is 1.43 bits per heavy atom. The van der Waals surface area contributed by atoms with Crippen LogP contribution in [0.3, 0.4) is 0 Å². The molecular weight excluding hydrogens is 273 g/mol. The first kappa shape index (κ1) is 13.4. The van der Waals surface area contributed by atoms with Crippen LogP contribution < -0.4 is 10.6 Å². The van der Waals surface area contributed by atoms with Crippen LogP contribution in [0.25, 0.3) is 5.69 Å². The highest BCUT2D eigenvalue weighted by molar-refractivity contribution is 6.04. The highest BCUT2D eigenvalue weighted by atomic mass is 19.1. The second kappa shape index (κ2) is 5.45. The van der Waals surface area contributed by atoms with Gasteiger partial charge in [0.1, 0.15) is 18.3 Å². The maximum absolute atomic E-state index is 14.0. The Kier molecular flexibility index (Phi) is 3.49. The molecule has 1 saturated heterocycles. The van der Waals surface area contributed by atoms with Crippen LogP contribution in [-0.4, -0.2) is 33.8 Å². The van der Waals surface area contributed by atoms with Gasteiger partial charge < -0.3 is 10.6 Å². The lowest BCUT2D eigenvalue weighted by molar-refractivity contribution is -0.112. The van der Waals surface area contributed by atoms with Gasteiger partial charge in [0, 0.05) is 24.4 Å².